The summed E-state index contributed by atoms with van der Waals surface area (Å²) in [5.74, 6) is 1.87. The minimum absolute atomic E-state index is 0.166. The molecule has 176 valence electrons. The number of methoxy groups -OCH3 is 2. The summed E-state index contributed by atoms with van der Waals surface area (Å²) in [5.41, 5.74) is 2.42. The van der Waals surface area contributed by atoms with Crippen molar-refractivity contribution in [2.45, 2.75) is 45.9 Å². The van der Waals surface area contributed by atoms with Gasteiger partial charge in [-0.05, 0) is 25.0 Å². The standard InChI is InChI=1S/C26H33N3O4/c1-6-19(2)29(16-21-12-13-22(31-4)14-24(21)32-5)17-25-27-23(18-33-25)26(30)28(3)15-20-10-8-7-9-11-20/h7-14,18-19H,6,15-17H2,1-5H3. The molecule has 1 unspecified atom stereocenters. The Bertz CT molecular complexity index is 1040. The summed E-state index contributed by atoms with van der Waals surface area (Å²) < 4.78 is 16.6. The van der Waals surface area contributed by atoms with Crippen LogP contribution in [0, 0.1) is 0 Å². The van der Waals surface area contributed by atoms with Gasteiger partial charge in [0.2, 0.25) is 5.89 Å². The molecule has 0 bridgehead atoms. The van der Waals surface area contributed by atoms with Gasteiger partial charge in [-0.15, -0.1) is 0 Å². The molecule has 1 aromatic heterocycles. The summed E-state index contributed by atoms with van der Waals surface area (Å²) in [6, 6.07) is 16.0. The number of rotatable bonds is 11. The van der Waals surface area contributed by atoms with Crippen molar-refractivity contribution in [2.75, 3.05) is 21.3 Å². The summed E-state index contributed by atoms with van der Waals surface area (Å²) in [6.07, 6.45) is 2.41. The molecule has 0 aliphatic rings. The van der Waals surface area contributed by atoms with Crippen LogP contribution in [-0.2, 0) is 19.6 Å². The highest BCUT2D eigenvalue weighted by Crippen LogP contribution is 2.27. The third-order valence-corrected chi connectivity index (χ3v) is 5.80. The zero-order valence-corrected chi connectivity index (χ0v) is 20.1. The van der Waals surface area contributed by atoms with E-state index < -0.39 is 0 Å². The molecule has 1 heterocycles. The molecular weight excluding hydrogens is 418 g/mol. The second-order valence-corrected chi connectivity index (χ2v) is 8.11. The number of amides is 1. The van der Waals surface area contributed by atoms with Crippen molar-refractivity contribution in [3.63, 3.8) is 0 Å². The Morgan fingerprint density at radius 1 is 1.06 bits per heavy atom. The molecule has 0 aliphatic heterocycles. The minimum atomic E-state index is -0.166. The fraction of sp³-hybridized carbons (Fsp3) is 0.385. The lowest BCUT2D eigenvalue weighted by atomic mass is 10.1. The topological polar surface area (TPSA) is 68.0 Å². The maximum atomic E-state index is 12.8. The molecule has 3 aromatic rings. The van der Waals surface area contributed by atoms with E-state index in [9.17, 15) is 4.79 Å². The van der Waals surface area contributed by atoms with Crippen LogP contribution in [0.1, 0.15) is 47.8 Å². The van der Waals surface area contributed by atoms with Crippen LogP contribution in [0.3, 0.4) is 0 Å². The number of ether oxygens (including phenoxy) is 2. The van der Waals surface area contributed by atoms with Gasteiger partial charge in [0.25, 0.3) is 5.91 Å². The van der Waals surface area contributed by atoms with Gasteiger partial charge in [-0.3, -0.25) is 9.69 Å². The number of hydrogen-bond acceptors (Lipinski definition) is 6. The third kappa shape index (κ3) is 6.35. The van der Waals surface area contributed by atoms with Gasteiger partial charge in [0.15, 0.2) is 5.69 Å². The highest BCUT2D eigenvalue weighted by molar-refractivity contribution is 5.91. The van der Waals surface area contributed by atoms with E-state index in [-0.39, 0.29) is 11.9 Å². The number of oxazole rings is 1. The molecule has 3 rings (SSSR count). The van der Waals surface area contributed by atoms with E-state index in [1.54, 1.807) is 26.2 Å². The van der Waals surface area contributed by atoms with Crippen LogP contribution < -0.4 is 9.47 Å². The molecule has 0 spiro atoms. The molecule has 2 aromatic carbocycles. The average Bonchev–Trinajstić information content (AvgIpc) is 3.31. The number of benzene rings is 2. The molecule has 0 fully saturated rings. The Morgan fingerprint density at radius 3 is 2.48 bits per heavy atom. The second-order valence-electron chi connectivity index (χ2n) is 8.11. The largest absolute Gasteiger partial charge is 0.497 e. The number of carbonyl (C=O) groups is 1. The Balaban J connectivity index is 1.71. The molecule has 0 saturated carbocycles. The van der Waals surface area contributed by atoms with E-state index in [0.29, 0.717) is 31.2 Å². The van der Waals surface area contributed by atoms with Gasteiger partial charge in [0, 0.05) is 37.8 Å². The first-order valence-corrected chi connectivity index (χ1v) is 11.1. The first-order valence-electron chi connectivity index (χ1n) is 11.1. The van der Waals surface area contributed by atoms with Crippen LogP contribution in [0.15, 0.2) is 59.2 Å². The molecule has 0 saturated heterocycles. The monoisotopic (exact) mass is 451 g/mol. The zero-order chi connectivity index (χ0) is 23.8. The average molecular weight is 452 g/mol. The van der Waals surface area contributed by atoms with Crippen LogP contribution >= 0.6 is 0 Å². The van der Waals surface area contributed by atoms with Crippen LogP contribution in [0.4, 0.5) is 0 Å². The minimum Gasteiger partial charge on any atom is -0.497 e. The van der Waals surface area contributed by atoms with Gasteiger partial charge < -0.3 is 18.8 Å². The quantitative estimate of drug-likeness (QED) is 0.419. The fourth-order valence-electron chi connectivity index (χ4n) is 3.61. The van der Waals surface area contributed by atoms with E-state index in [1.807, 2.05) is 48.5 Å². The van der Waals surface area contributed by atoms with Crippen LogP contribution in [-0.4, -0.2) is 48.0 Å². The van der Waals surface area contributed by atoms with E-state index >= 15 is 0 Å². The van der Waals surface area contributed by atoms with Gasteiger partial charge in [-0.1, -0.05) is 43.3 Å². The summed E-state index contributed by atoms with van der Waals surface area (Å²) in [6.45, 7) is 5.96. The molecule has 1 amide bonds. The van der Waals surface area contributed by atoms with Crippen molar-refractivity contribution >= 4 is 5.91 Å². The van der Waals surface area contributed by atoms with Crippen molar-refractivity contribution in [1.82, 2.24) is 14.8 Å². The van der Waals surface area contributed by atoms with Gasteiger partial charge in [0.05, 0.1) is 20.8 Å². The normalized spacial score (nSPS) is 11.9. The lowest BCUT2D eigenvalue weighted by molar-refractivity contribution is 0.0779. The fourth-order valence-corrected chi connectivity index (χ4v) is 3.61. The first kappa shape index (κ1) is 24.3. The van der Waals surface area contributed by atoms with Crippen molar-refractivity contribution in [3.8, 4) is 11.5 Å². The molecule has 33 heavy (non-hydrogen) atoms. The number of carbonyl (C=O) groups excluding carboxylic acids is 1. The number of aromatic nitrogens is 1. The molecule has 1 atom stereocenters. The molecule has 7 nitrogen and oxygen atoms in total. The Labute approximate surface area is 195 Å². The van der Waals surface area contributed by atoms with Crippen LogP contribution in [0.5, 0.6) is 11.5 Å². The van der Waals surface area contributed by atoms with Crippen molar-refractivity contribution in [1.29, 1.82) is 0 Å². The van der Waals surface area contributed by atoms with E-state index in [1.165, 1.54) is 6.26 Å². The molecule has 7 heteroatoms. The predicted octanol–water partition coefficient (Wildman–Crippen LogP) is 4.76. The van der Waals surface area contributed by atoms with Crippen molar-refractivity contribution < 1.29 is 18.7 Å². The molecule has 0 N–H and O–H groups in total. The van der Waals surface area contributed by atoms with Gasteiger partial charge in [-0.25, -0.2) is 4.98 Å². The second kappa shape index (κ2) is 11.5. The van der Waals surface area contributed by atoms with Crippen molar-refractivity contribution in [2.24, 2.45) is 0 Å². The third-order valence-electron chi connectivity index (χ3n) is 5.80. The number of hydrogen-bond donors (Lipinski definition) is 0. The first-order chi connectivity index (χ1) is 15.9. The smallest absolute Gasteiger partial charge is 0.275 e. The van der Waals surface area contributed by atoms with Gasteiger partial charge >= 0.3 is 0 Å². The maximum absolute atomic E-state index is 12.8. The van der Waals surface area contributed by atoms with E-state index in [0.717, 1.165) is 29.0 Å². The van der Waals surface area contributed by atoms with Gasteiger partial charge in [-0.2, -0.15) is 0 Å². The highest BCUT2D eigenvalue weighted by atomic mass is 16.5. The lowest BCUT2D eigenvalue weighted by Crippen LogP contribution is -2.32. The van der Waals surface area contributed by atoms with E-state index in [2.05, 4.69) is 23.7 Å². The van der Waals surface area contributed by atoms with E-state index in [4.69, 9.17) is 13.9 Å². The molecule has 0 aliphatic carbocycles. The van der Waals surface area contributed by atoms with Crippen LogP contribution in [0.2, 0.25) is 0 Å². The predicted molar refractivity (Wildman–Crippen MR) is 127 cm³/mol. The number of nitrogens with zero attached hydrogens (tertiary/aromatic N) is 3. The molecule has 0 radical (unpaired) electrons. The zero-order valence-electron chi connectivity index (χ0n) is 20.1. The summed E-state index contributed by atoms with van der Waals surface area (Å²) in [7, 11) is 5.06. The lowest BCUT2D eigenvalue weighted by Gasteiger charge is -2.27. The van der Waals surface area contributed by atoms with Crippen molar-refractivity contribution in [3.05, 3.63) is 77.5 Å². The van der Waals surface area contributed by atoms with Gasteiger partial charge in [0.1, 0.15) is 17.8 Å². The summed E-state index contributed by atoms with van der Waals surface area (Å²) in [5, 5.41) is 0. The van der Waals surface area contributed by atoms with Crippen LogP contribution in [0.25, 0.3) is 0 Å². The highest BCUT2D eigenvalue weighted by Gasteiger charge is 2.21. The Hall–Kier alpha value is -3.32. The summed E-state index contributed by atoms with van der Waals surface area (Å²) >= 11 is 0. The SMILES string of the molecule is CCC(C)N(Cc1nc(C(=O)N(C)Cc2ccccc2)co1)Cc1ccc(OC)cc1OC. The maximum Gasteiger partial charge on any atom is 0.275 e. The molecular formula is C26H33N3O4. The Kier molecular flexibility index (Phi) is 8.49. The summed E-state index contributed by atoms with van der Waals surface area (Å²) in [4.78, 5) is 21.2. The Morgan fingerprint density at radius 2 is 1.82 bits per heavy atom.